The molecule has 0 aliphatic heterocycles. The molecule has 2 fully saturated rings. The molecule has 0 saturated heterocycles. The molecule has 4 aromatic rings. The molecule has 3 unspecified atom stereocenters. The van der Waals surface area contributed by atoms with Gasteiger partial charge in [0.25, 0.3) is 0 Å². The number of hydrogen-bond donors (Lipinski definition) is 1. The Balaban J connectivity index is 1.24. The van der Waals surface area contributed by atoms with E-state index in [2.05, 4.69) is 5.16 Å². The molecule has 37 heavy (non-hydrogen) atoms. The van der Waals surface area contributed by atoms with Crippen molar-refractivity contribution in [2.45, 2.75) is 43.6 Å². The van der Waals surface area contributed by atoms with Gasteiger partial charge in [0.05, 0.1) is 22.5 Å². The summed E-state index contributed by atoms with van der Waals surface area (Å²) in [6, 6.07) is 17.7. The highest BCUT2D eigenvalue weighted by Crippen LogP contribution is 2.56. The molecule has 3 atom stereocenters. The highest BCUT2D eigenvalue weighted by molar-refractivity contribution is 6.39. The number of nitrogens with zero attached hydrogens (tertiary/aromatic N) is 1. The van der Waals surface area contributed by atoms with Gasteiger partial charge in [0, 0.05) is 16.5 Å². The minimum Gasteiger partial charge on any atom is -0.489 e. The molecule has 1 heterocycles. The lowest BCUT2D eigenvalue weighted by Gasteiger charge is -2.11. The fraction of sp³-hybridized carbons (Fsp3) is 0.241. The van der Waals surface area contributed by atoms with E-state index in [0.29, 0.717) is 43.4 Å². The van der Waals surface area contributed by atoms with Crippen molar-refractivity contribution in [3.63, 3.8) is 0 Å². The lowest BCUT2D eigenvalue weighted by Crippen LogP contribution is -2.00. The van der Waals surface area contributed by atoms with E-state index in [4.69, 9.17) is 45.4 Å². The number of carbonyl (C=O) groups is 1. The average molecular weight is 556 g/mol. The first kappa shape index (κ1) is 23.2. The van der Waals surface area contributed by atoms with Gasteiger partial charge in [-0.1, -0.05) is 64.2 Å². The van der Waals surface area contributed by atoms with E-state index in [1.165, 1.54) is 0 Å². The van der Waals surface area contributed by atoms with E-state index >= 15 is 0 Å². The van der Waals surface area contributed by atoms with Crippen LogP contribution in [-0.4, -0.2) is 16.2 Å². The van der Waals surface area contributed by atoms with E-state index < -0.39 is 12.6 Å². The number of benzene rings is 3. The third-order valence-corrected chi connectivity index (χ3v) is 7.90. The summed E-state index contributed by atoms with van der Waals surface area (Å²) in [4.78, 5) is 11.3. The van der Waals surface area contributed by atoms with Gasteiger partial charge in [0.2, 0.25) is 0 Å². The SMILES string of the molecule is [2H]C(Oc1ccc(C2CC2c2cccc(C(=O)O)c2)c(Cl)c1)c1c(-c2c(Cl)cccc2Cl)noc1C1CC1. The number of ether oxygens (including phenoxy) is 1. The van der Waals surface area contributed by atoms with Crippen LogP contribution in [0.15, 0.2) is 65.2 Å². The van der Waals surface area contributed by atoms with Crippen LogP contribution in [0.3, 0.4) is 0 Å². The zero-order valence-electron chi connectivity index (χ0n) is 20.5. The van der Waals surface area contributed by atoms with Crippen LogP contribution in [0.25, 0.3) is 11.3 Å². The van der Waals surface area contributed by atoms with E-state index in [1.807, 2.05) is 12.1 Å². The second-order valence-corrected chi connectivity index (χ2v) is 10.7. The largest absolute Gasteiger partial charge is 0.489 e. The maximum atomic E-state index is 11.3. The molecule has 6 rings (SSSR count). The van der Waals surface area contributed by atoms with Gasteiger partial charge in [-0.25, -0.2) is 4.79 Å². The zero-order valence-corrected chi connectivity index (χ0v) is 21.7. The molecule has 2 aliphatic rings. The summed E-state index contributed by atoms with van der Waals surface area (Å²) >= 11 is 19.6. The Morgan fingerprint density at radius 3 is 2.49 bits per heavy atom. The van der Waals surface area contributed by atoms with Crippen LogP contribution in [0.4, 0.5) is 0 Å². The van der Waals surface area contributed by atoms with Gasteiger partial charge in [-0.2, -0.15) is 0 Å². The Labute approximate surface area is 230 Å². The number of rotatable bonds is 8. The van der Waals surface area contributed by atoms with E-state index in [9.17, 15) is 9.90 Å². The summed E-state index contributed by atoms with van der Waals surface area (Å²) in [5, 5.41) is 14.9. The first-order valence-electron chi connectivity index (χ1n) is 12.5. The maximum Gasteiger partial charge on any atom is 0.335 e. The first-order chi connectivity index (χ1) is 18.3. The number of hydrogen-bond acceptors (Lipinski definition) is 4. The smallest absolute Gasteiger partial charge is 0.335 e. The van der Waals surface area contributed by atoms with Crippen LogP contribution in [0.2, 0.25) is 15.1 Å². The van der Waals surface area contributed by atoms with E-state index in [-0.39, 0.29) is 23.3 Å². The fourth-order valence-electron chi connectivity index (χ4n) is 4.79. The quantitative estimate of drug-likeness (QED) is 0.235. The van der Waals surface area contributed by atoms with Gasteiger partial charge < -0.3 is 14.4 Å². The number of aromatic nitrogens is 1. The van der Waals surface area contributed by atoms with Crippen LogP contribution in [0.1, 0.15) is 71.2 Å². The van der Waals surface area contributed by atoms with Crippen LogP contribution in [-0.2, 0) is 6.58 Å². The van der Waals surface area contributed by atoms with Gasteiger partial charge in [-0.3, -0.25) is 0 Å². The van der Waals surface area contributed by atoms with E-state index in [0.717, 1.165) is 30.4 Å². The molecule has 0 amide bonds. The lowest BCUT2D eigenvalue weighted by molar-refractivity contribution is 0.0696. The summed E-state index contributed by atoms with van der Waals surface area (Å²) in [5.41, 5.74) is 3.68. The molecule has 2 saturated carbocycles. The highest BCUT2D eigenvalue weighted by Gasteiger charge is 2.41. The fourth-order valence-corrected chi connectivity index (χ4v) is 5.67. The molecule has 1 N–H and O–H groups in total. The van der Waals surface area contributed by atoms with Gasteiger partial charge in [0.15, 0.2) is 0 Å². The predicted octanol–water partition coefficient (Wildman–Crippen LogP) is 8.73. The number of carboxylic acid groups (broad SMARTS) is 1. The minimum atomic E-state index is -1.13. The van der Waals surface area contributed by atoms with Crippen molar-refractivity contribution in [3.8, 4) is 17.0 Å². The van der Waals surface area contributed by atoms with Crippen LogP contribution < -0.4 is 4.74 Å². The highest BCUT2D eigenvalue weighted by atomic mass is 35.5. The number of aromatic carboxylic acids is 1. The number of carboxylic acids is 1. The van der Waals surface area contributed by atoms with Crippen LogP contribution in [0.5, 0.6) is 5.75 Å². The Morgan fingerprint density at radius 1 is 1.03 bits per heavy atom. The van der Waals surface area contributed by atoms with Crippen molar-refractivity contribution in [1.82, 2.24) is 5.16 Å². The van der Waals surface area contributed by atoms with E-state index in [1.54, 1.807) is 48.5 Å². The van der Waals surface area contributed by atoms with Crippen LogP contribution in [0, 0.1) is 0 Å². The Bertz CT molecular complexity index is 1530. The minimum absolute atomic E-state index is 0.195. The summed E-state index contributed by atoms with van der Waals surface area (Å²) in [6.07, 6.45) is 2.81. The second kappa shape index (κ2) is 9.71. The Hall–Kier alpha value is -2.99. The van der Waals surface area contributed by atoms with Crippen LogP contribution >= 0.6 is 34.8 Å². The molecule has 8 heteroatoms. The third-order valence-electron chi connectivity index (χ3n) is 6.94. The van der Waals surface area contributed by atoms with Crippen molar-refractivity contribution in [1.29, 1.82) is 0 Å². The van der Waals surface area contributed by atoms with Gasteiger partial charge in [-0.05, 0) is 78.6 Å². The summed E-state index contributed by atoms with van der Waals surface area (Å²) in [5.74, 6) is 0.739. The summed E-state index contributed by atoms with van der Waals surface area (Å²) in [7, 11) is 0. The monoisotopic (exact) mass is 554 g/mol. The van der Waals surface area contributed by atoms with Gasteiger partial charge in [0.1, 0.15) is 23.8 Å². The van der Waals surface area contributed by atoms with Crippen molar-refractivity contribution in [2.24, 2.45) is 0 Å². The molecular formula is C29H22Cl3NO4. The third kappa shape index (κ3) is 4.84. The Kier molecular flexibility index (Phi) is 6.08. The van der Waals surface area contributed by atoms with Crippen molar-refractivity contribution in [2.75, 3.05) is 0 Å². The molecule has 188 valence electrons. The summed E-state index contributed by atoms with van der Waals surface area (Å²) in [6.45, 7) is -1.13. The molecule has 0 bridgehead atoms. The van der Waals surface area contributed by atoms with Crippen molar-refractivity contribution in [3.05, 3.63) is 104 Å². The zero-order chi connectivity index (χ0) is 26.6. The lowest BCUT2D eigenvalue weighted by atomic mass is 10.0. The summed E-state index contributed by atoms with van der Waals surface area (Å²) < 4.78 is 20.6. The molecule has 2 aliphatic carbocycles. The Morgan fingerprint density at radius 2 is 1.78 bits per heavy atom. The second-order valence-electron chi connectivity index (χ2n) is 9.48. The van der Waals surface area contributed by atoms with Gasteiger partial charge in [-0.15, -0.1) is 0 Å². The maximum absolute atomic E-state index is 11.3. The van der Waals surface area contributed by atoms with Crippen molar-refractivity contribution >= 4 is 40.8 Å². The first-order valence-corrected chi connectivity index (χ1v) is 13.1. The molecule has 0 radical (unpaired) electrons. The molecule has 5 nitrogen and oxygen atoms in total. The molecule has 3 aromatic carbocycles. The standard InChI is InChI=1S/C29H22Cl3NO4/c30-23-5-2-6-24(31)26(23)27-22(28(37-33-27)15-7-8-15)14-36-18-9-10-19(25(32)12-18)21-13-20(21)16-3-1-4-17(11-16)29(34)35/h1-6,9-12,15,20-21H,7-8,13-14H2,(H,34,35)/i14D. The van der Waals surface area contributed by atoms with Crippen molar-refractivity contribution < 1.29 is 20.5 Å². The predicted molar refractivity (Wildman–Crippen MR) is 143 cm³/mol. The number of halogens is 3. The normalized spacial score (nSPS) is 19.8. The van der Waals surface area contributed by atoms with Gasteiger partial charge >= 0.3 is 5.97 Å². The molecule has 0 spiro atoms. The molecule has 1 aromatic heterocycles. The molecular weight excluding hydrogens is 533 g/mol. The average Bonchev–Trinajstić information content (AvgIpc) is 3.82. The topological polar surface area (TPSA) is 72.6 Å².